The Morgan fingerprint density at radius 3 is 1.65 bits per heavy atom. The van der Waals surface area contributed by atoms with Gasteiger partial charge in [-0.25, -0.2) is 0 Å². The molecule has 0 fully saturated rings. The van der Waals surface area contributed by atoms with Gasteiger partial charge in [0, 0.05) is 83.6 Å². The molecular weight excluding hydrogens is 1050 g/mol. The summed E-state index contributed by atoms with van der Waals surface area (Å²) in [7, 11) is 0. The van der Waals surface area contributed by atoms with E-state index in [-0.39, 0.29) is 28.5 Å². The fourth-order valence-electron chi connectivity index (χ4n) is 13.4. The topological polar surface area (TPSA) is 36.0 Å². The number of benzene rings is 10. The van der Waals surface area contributed by atoms with Crippen molar-refractivity contribution in [2.45, 2.75) is 105 Å². The SMILES string of the molecule is CC(C)(C)c1ccc(N2B3c4cc5sccc5cc4N(c4ccc(C(C)(C)C)cc4-c4ccccc4)c4c3c(cc3c4oc4ccccc43)-c3cc4c(cc32)oc2cc(N(c3ccc(C(C)(C)C)cc3)c3ccc(C(C)(C)C)cc3)ccc24)cc1. The van der Waals surface area contributed by atoms with Gasteiger partial charge in [0.15, 0.2) is 5.58 Å². The van der Waals surface area contributed by atoms with Crippen LogP contribution in [0, 0.1) is 0 Å². The molecule has 7 heteroatoms. The zero-order chi connectivity index (χ0) is 58.6. The number of hydrogen-bond acceptors (Lipinski definition) is 6. The lowest BCUT2D eigenvalue weighted by molar-refractivity contribution is 0.590. The Bertz CT molecular complexity index is 4750. The van der Waals surface area contributed by atoms with Gasteiger partial charge in [0.25, 0.3) is 0 Å². The first kappa shape index (κ1) is 53.0. The molecule has 418 valence electrons. The summed E-state index contributed by atoms with van der Waals surface area (Å²) in [5.41, 5.74) is 24.3. The normalized spacial score (nSPS) is 13.6. The maximum absolute atomic E-state index is 7.34. The van der Waals surface area contributed by atoms with E-state index in [9.17, 15) is 0 Å². The van der Waals surface area contributed by atoms with Gasteiger partial charge < -0.3 is 23.4 Å². The molecule has 0 aliphatic carbocycles. The van der Waals surface area contributed by atoms with Crippen molar-refractivity contribution in [3.8, 4) is 22.3 Å². The Labute approximate surface area is 503 Å². The van der Waals surface area contributed by atoms with E-state index >= 15 is 0 Å². The van der Waals surface area contributed by atoms with Gasteiger partial charge in [-0.1, -0.05) is 174 Å². The summed E-state index contributed by atoms with van der Waals surface area (Å²) in [6.07, 6.45) is 0. The molecule has 0 unspecified atom stereocenters. The maximum atomic E-state index is 7.34. The van der Waals surface area contributed by atoms with Gasteiger partial charge in [0.2, 0.25) is 0 Å². The van der Waals surface area contributed by atoms with Crippen LogP contribution in [-0.2, 0) is 21.7 Å². The molecular formula is C78H70BN3O2S. The number of furan rings is 2. The van der Waals surface area contributed by atoms with Crippen LogP contribution >= 0.6 is 11.3 Å². The van der Waals surface area contributed by atoms with Gasteiger partial charge in [-0.2, -0.15) is 0 Å². The van der Waals surface area contributed by atoms with Crippen LogP contribution in [0.4, 0.5) is 45.5 Å². The number of fused-ring (bicyclic) bond motifs is 12. The lowest BCUT2D eigenvalue weighted by atomic mass is 9.43. The van der Waals surface area contributed by atoms with Crippen molar-refractivity contribution >= 4 is 129 Å². The highest BCUT2D eigenvalue weighted by atomic mass is 32.1. The molecule has 5 heterocycles. The summed E-state index contributed by atoms with van der Waals surface area (Å²) in [4.78, 5) is 7.55. The van der Waals surface area contributed by atoms with Crippen molar-refractivity contribution in [3.05, 3.63) is 228 Å². The number of thiophene rings is 1. The van der Waals surface area contributed by atoms with Crippen molar-refractivity contribution in [3.63, 3.8) is 0 Å². The van der Waals surface area contributed by atoms with Crippen molar-refractivity contribution in [1.29, 1.82) is 0 Å². The van der Waals surface area contributed by atoms with Crippen LogP contribution in [0.15, 0.2) is 214 Å². The number of nitrogens with zero attached hydrogens (tertiary/aromatic N) is 3. The van der Waals surface area contributed by atoms with Gasteiger partial charge in [0.05, 0.1) is 11.4 Å². The largest absolute Gasteiger partial charge is 0.456 e. The minimum absolute atomic E-state index is 0.0251. The second-order valence-electron chi connectivity index (χ2n) is 27.9. The second-order valence-corrected chi connectivity index (χ2v) is 28.8. The van der Waals surface area contributed by atoms with E-state index in [2.05, 4.69) is 303 Å². The van der Waals surface area contributed by atoms with E-state index in [1.807, 2.05) is 0 Å². The van der Waals surface area contributed by atoms with E-state index in [1.165, 1.54) is 54.4 Å². The standard InChI is InChI=1S/C78H70BN3O2S/c1-75(2,3)49-22-29-53(30-23-49)80(54-31-24-50(25-32-54)76(4,5)6)56-35-36-58-61-43-60-62-44-63-57-20-16-17-21-68(57)84-74(63)73-72(62)79(82(66(60)46-70(61)83-69(58)42-56)55-33-26-51(27-34-55)77(7,8)9)64-45-71-48(38-39-85-71)40-67(64)81(73)65-37-28-52(78(10,11)12)41-59(65)47-18-14-13-15-19-47/h13-46H,1-12H3. The van der Waals surface area contributed by atoms with Crippen LogP contribution in [-0.4, -0.2) is 6.85 Å². The van der Waals surface area contributed by atoms with Gasteiger partial charge >= 0.3 is 6.85 Å². The van der Waals surface area contributed by atoms with Crippen LogP contribution in [0.25, 0.3) is 76.2 Å². The highest BCUT2D eigenvalue weighted by molar-refractivity contribution is 7.17. The summed E-state index contributed by atoms with van der Waals surface area (Å²) >= 11 is 1.80. The molecule has 0 bridgehead atoms. The molecule has 0 radical (unpaired) electrons. The molecule has 2 aliphatic heterocycles. The molecule has 5 nitrogen and oxygen atoms in total. The fourth-order valence-corrected chi connectivity index (χ4v) is 14.2. The van der Waals surface area contributed by atoms with Gasteiger partial charge in [-0.3, -0.25) is 0 Å². The predicted molar refractivity (Wildman–Crippen MR) is 365 cm³/mol. The minimum Gasteiger partial charge on any atom is -0.456 e. The maximum Gasteiger partial charge on any atom is 0.333 e. The summed E-state index contributed by atoms with van der Waals surface area (Å²) in [6.45, 7) is 27.2. The third-order valence-electron chi connectivity index (χ3n) is 18.1. The van der Waals surface area contributed by atoms with Crippen molar-refractivity contribution in [2.24, 2.45) is 0 Å². The van der Waals surface area contributed by atoms with Crippen LogP contribution in [0.2, 0.25) is 0 Å². The van der Waals surface area contributed by atoms with Crippen LogP contribution in [0.5, 0.6) is 0 Å². The van der Waals surface area contributed by atoms with Crippen molar-refractivity contribution in [2.75, 3.05) is 14.6 Å². The minimum atomic E-state index is -0.265. The van der Waals surface area contributed by atoms with E-state index < -0.39 is 0 Å². The molecule has 0 saturated carbocycles. The zero-order valence-electron chi connectivity index (χ0n) is 50.8. The number of para-hydroxylation sites is 1. The summed E-state index contributed by atoms with van der Waals surface area (Å²) < 4.78 is 15.9. The lowest BCUT2D eigenvalue weighted by Crippen LogP contribution is -2.61. The molecule has 2 aliphatic rings. The first-order valence-electron chi connectivity index (χ1n) is 30.1. The second kappa shape index (κ2) is 18.9. The average molecular weight is 1120 g/mol. The quantitative estimate of drug-likeness (QED) is 0.155. The molecule has 0 atom stereocenters. The Balaban J connectivity index is 1.02. The molecule has 0 saturated heterocycles. The first-order chi connectivity index (χ1) is 40.7. The molecule has 0 N–H and O–H groups in total. The fraction of sp³-hybridized carbons (Fsp3) is 0.205. The predicted octanol–water partition coefficient (Wildman–Crippen LogP) is 21.7. The van der Waals surface area contributed by atoms with Gasteiger partial charge in [-0.15, -0.1) is 11.3 Å². The highest BCUT2D eigenvalue weighted by Gasteiger charge is 2.48. The molecule has 85 heavy (non-hydrogen) atoms. The zero-order valence-corrected chi connectivity index (χ0v) is 51.6. The number of rotatable bonds is 6. The molecule has 10 aromatic carbocycles. The molecule has 13 aromatic rings. The summed E-state index contributed by atoms with van der Waals surface area (Å²) in [5.74, 6) is 0. The average Bonchev–Trinajstić information content (AvgIpc) is 1.77. The van der Waals surface area contributed by atoms with Crippen LogP contribution < -0.4 is 25.5 Å². The number of hydrogen-bond donors (Lipinski definition) is 0. The lowest BCUT2D eigenvalue weighted by Gasteiger charge is -2.46. The molecule has 0 amide bonds. The van der Waals surface area contributed by atoms with Crippen molar-refractivity contribution in [1.82, 2.24) is 0 Å². The smallest absolute Gasteiger partial charge is 0.333 e. The Hall–Kier alpha value is -8.78. The van der Waals surface area contributed by atoms with Crippen LogP contribution in [0.3, 0.4) is 0 Å². The molecule has 15 rings (SSSR count). The Morgan fingerprint density at radius 1 is 0.412 bits per heavy atom. The van der Waals surface area contributed by atoms with Gasteiger partial charge in [0.1, 0.15) is 16.7 Å². The van der Waals surface area contributed by atoms with Crippen molar-refractivity contribution < 1.29 is 8.83 Å². The molecule has 3 aromatic heterocycles. The number of anilines is 8. The first-order valence-corrected chi connectivity index (χ1v) is 30.9. The van der Waals surface area contributed by atoms with E-state index in [0.717, 1.165) is 101 Å². The molecule has 0 spiro atoms. The van der Waals surface area contributed by atoms with E-state index in [0.29, 0.717) is 0 Å². The third kappa shape index (κ3) is 8.63. The monoisotopic (exact) mass is 1120 g/mol. The summed E-state index contributed by atoms with van der Waals surface area (Å²) in [6, 6.07) is 75.4. The van der Waals surface area contributed by atoms with Gasteiger partial charge in [-0.05, 0) is 174 Å². The van der Waals surface area contributed by atoms with Crippen LogP contribution in [0.1, 0.15) is 105 Å². The summed E-state index contributed by atoms with van der Waals surface area (Å²) in [5, 5.41) is 7.76. The Morgan fingerprint density at radius 2 is 0.988 bits per heavy atom. The van der Waals surface area contributed by atoms with E-state index in [4.69, 9.17) is 8.83 Å². The highest BCUT2D eigenvalue weighted by Crippen LogP contribution is 2.54. The van der Waals surface area contributed by atoms with E-state index in [1.54, 1.807) is 11.3 Å². The Kier molecular flexibility index (Phi) is 11.8. The third-order valence-corrected chi connectivity index (χ3v) is 19.0.